The van der Waals surface area contributed by atoms with Crippen LogP contribution in [0.1, 0.15) is 18.6 Å². The number of H-pyrrole nitrogens is 1. The number of amides is 2. The molecule has 1 aliphatic heterocycles. The number of carbonyl (C=O) groups is 2. The SMILES string of the molecule is Cc1nc(CN(C)C(=O)N2CC(C(C)C(=O)O)C2)n[nH]1. The summed E-state index contributed by atoms with van der Waals surface area (Å²) in [5, 5.41) is 15.6. The van der Waals surface area contributed by atoms with Crippen molar-refractivity contribution in [2.45, 2.75) is 20.4 Å². The standard InChI is InChI=1S/C12H19N5O3/c1-7(11(18)19)9-4-17(5-9)12(20)16(3)6-10-13-8(2)14-15-10/h7,9H,4-6H2,1-3H3,(H,18,19)(H,13,14,15). The van der Waals surface area contributed by atoms with Gasteiger partial charge in [-0.3, -0.25) is 9.89 Å². The van der Waals surface area contributed by atoms with Gasteiger partial charge in [0.05, 0.1) is 12.5 Å². The Morgan fingerprint density at radius 2 is 2.20 bits per heavy atom. The van der Waals surface area contributed by atoms with Gasteiger partial charge in [-0.2, -0.15) is 5.10 Å². The van der Waals surface area contributed by atoms with Crippen molar-refractivity contribution in [2.24, 2.45) is 11.8 Å². The number of urea groups is 1. The van der Waals surface area contributed by atoms with Crippen LogP contribution in [-0.4, -0.2) is 62.2 Å². The zero-order chi connectivity index (χ0) is 14.9. The molecule has 1 unspecified atom stereocenters. The van der Waals surface area contributed by atoms with E-state index in [9.17, 15) is 9.59 Å². The van der Waals surface area contributed by atoms with Crippen LogP contribution in [0.5, 0.6) is 0 Å². The maximum Gasteiger partial charge on any atom is 0.320 e. The largest absolute Gasteiger partial charge is 0.481 e. The second-order valence-electron chi connectivity index (χ2n) is 5.27. The van der Waals surface area contributed by atoms with Crippen LogP contribution in [0.2, 0.25) is 0 Å². The smallest absolute Gasteiger partial charge is 0.320 e. The lowest BCUT2D eigenvalue weighted by Crippen LogP contribution is -2.56. The number of aromatic nitrogens is 3. The van der Waals surface area contributed by atoms with Crippen molar-refractivity contribution in [3.05, 3.63) is 11.6 Å². The van der Waals surface area contributed by atoms with Gasteiger partial charge in [0.15, 0.2) is 5.82 Å². The Kier molecular flexibility index (Phi) is 3.91. The molecular formula is C12H19N5O3. The number of rotatable bonds is 4. The minimum absolute atomic E-state index is 0.0376. The molecule has 2 N–H and O–H groups in total. The Hall–Kier alpha value is -2.12. The number of nitrogens with zero attached hydrogens (tertiary/aromatic N) is 4. The predicted molar refractivity (Wildman–Crippen MR) is 69.8 cm³/mol. The summed E-state index contributed by atoms with van der Waals surface area (Å²) in [6, 6.07) is -0.124. The van der Waals surface area contributed by atoms with Gasteiger partial charge in [-0.15, -0.1) is 0 Å². The number of carboxylic acids is 1. The number of hydrogen-bond acceptors (Lipinski definition) is 4. The summed E-state index contributed by atoms with van der Waals surface area (Å²) in [5.74, 6) is 0.0803. The maximum absolute atomic E-state index is 12.1. The molecule has 0 radical (unpaired) electrons. The minimum Gasteiger partial charge on any atom is -0.481 e. The maximum atomic E-state index is 12.1. The van der Waals surface area contributed by atoms with E-state index in [2.05, 4.69) is 15.2 Å². The fraction of sp³-hybridized carbons (Fsp3) is 0.667. The molecule has 1 saturated heterocycles. The van der Waals surface area contributed by atoms with E-state index in [4.69, 9.17) is 5.11 Å². The quantitative estimate of drug-likeness (QED) is 0.827. The van der Waals surface area contributed by atoms with Crippen molar-refractivity contribution in [1.82, 2.24) is 25.0 Å². The van der Waals surface area contributed by atoms with Crippen LogP contribution in [0.4, 0.5) is 4.79 Å². The molecule has 1 aromatic heterocycles. The number of carboxylic acid groups (broad SMARTS) is 1. The van der Waals surface area contributed by atoms with Gasteiger partial charge in [-0.25, -0.2) is 9.78 Å². The number of aromatic amines is 1. The molecule has 0 bridgehead atoms. The highest BCUT2D eigenvalue weighted by Crippen LogP contribution is 2.25. The number of carbonyl (C=O) groups excluding carboxylic acids is 1. The first-order valence-corrected chi connectivity index (χ1v) is 6.49. The molecule has 110 valence electrons. The van der Waals surface area contributed by atoms with E-state index in [-0.39, 0.29) is 11.9 Å². The first-order chi connectivity index (χ1) is 9.38. The Morgan fingerprint density at radius 1 is 1.55 bits per heavy atom. The molecule has 2 amide bonds. The highest BCUT2D eigenvalue weighted by Gasteiger charge is 2.38. The van der Waals surface area contributed by atoms with E-state index in [1.807, 2.05) is 0 Å². The summed E-state index contributed by atoms with van der Waals surface area (Å²) in [4.78, 5) is 30.3. The topological polar surface area (TPSA) is 102 Å². The van der Waals surface area contributed by atoms with Crippen molar-refractivity contribution >= 4 is 12.0 Å². The van der Waals surface area contributed by atoms with Crippen molar-refractivity contribution in [2.75, 3.05) is 20.1 Å². The molecule has 2 heterocycles. The Balaban J connectivity index is 1.82. The van der Waals surface area contributed by atoms with Gasteiger partial charge in [0.1, 0.15) is 5.82 Å². The summed E-state index contributed by atoms with van der Waals surface area (Å²) in [5.41, 5.74) is 0. The monoisotopic (exact) mass is 281 g/mol. The molecule has 2 rings (SSSR count). The number of nitrogens with one attached hydrogen (secondary N) is 1. The van der Waals surface area contributed by atoms with Crippen LogP contribution in [0.25, 0.3) is 0 Å². The molecule has 0 saturated carbocycles. The zero-order valence-electron chi connectivity index (χ0n) is 11.8. The third kappa shape index (κ3) is 2.89. The summed E-state index contributed by atoms with van der Waals surface area (Å²) in [6.07, 6.45) is 0. The molecule has 1 aromatic rings. The molecule has 20 heavy (non-hydrogen) atoms. The molecular weight excluding hydrogens is 262 g/mol. The van der Waals surface area contributed by atoms with E-state index in [1.165, 1.54) is 4.90 Å². The van der Waals surface area contributed by atoms with E-state index in [0.717, 1.165) is 0 Å². The second kappa shape index (κ2) is 5.48. The number of hydrogen-bond donors (Lipinski definition) is 2. The fourth-order valence-electron chi connectivity index (χ4n) is 2.17. The average Bonchev–Trinajstić information content (AvgIpc) is 2.72. The molecule has 1 fully saturated rings. The third-order valence-electron chi connectivity index (χ3n) is 3.63. The highest BCUT2D eigenvalue weighted by molar-refractivity contribution is 5.76. The first-order valence-electron chi connectivity index (χ1n) is 6.49. The predicted octanol–water partition coefficient (Wildman–Crippen LogP) is 0.317. The van der Waals surface area contributed by atoms with Crippen LogP contribution in [0.3, 0.4) is 0 Å². The zero-order valence-corrected chi connectivity index (χ0v) is 11.8. The van der Waals surface area contributed by atoms with Crippen molar-refractivity contribution in [1.29, 1.82) is 0 Å². The number of likely N-dealkylation sites (tertiary alicyclic amines) is 1. The Morgan fingerprint density at radius 3 is 2.70 bits per heavy atom. The lowest BCUT2D eigenvalue weighted by molar-refractivity contribution is -0.144. The highest BCUT2D eigenvalue weighted by atomic mass is 16.4. The summed E-state index contributed by atoms with van der Waals surface area (Å²) < 4.78 is 0. The van der Waals surface area contributed by atoms with Gasteiger partial charge in [0.2, 0.25) is 0 Å². The Bertz CT molecular complexity index is 509. The molecule has 8 nitrogen and oxygen atoms in total. The lowest BCUT2D eigenvalue weighted by atomic mass is 9.87. The number of aliphatic carboxylic acids is 1. The second-order valence-corrected chi connectivity index (χ2v) is 5.27. The van der Waals surface area contributed by atoms with E-state index in [0.29, 0.717) is 31.3 Å². The molecule has 1 atom stereocenters. The van der Waals surface area contributed by atoms with Gasteiger partial charge in [-0.05, 0) is 6.92 Å². The molecule has 0 aromatic carbocycles. The van der Waals surface area contributed by atoms with Crippen LogP contribution < -0.4 is 0 Å². The van der Waals surface area contributed by atoms with Crippen LogP contribution in [-0.2, 0) is 11.3 Å². The normalized spacial score (nSPS) is 16.6. The molecule has 0 aliphatic carbocycles. The summed E-state index contributed by atoms with van der Waals surface area (Å²) in [6.45, 7) is 4.78. The average molecular weight is 281 g/mol. The van der Waals surface area contributed by atoms with E-state index >= 15 is 0 Å². The number of aryl methyl sites for hydroxylation is 1. The molecule has 8 heteroatoms. The summed E-state index contributed by atoms with van der Waals surface area (Å²) in [7, 11) is 1.68. The van der Waals surface area contributed by atoms with Crippen LogP contribution in [0, 0.1) is 18.8 Å². The van der Waals surface area contributed by atoms with Gasteiger partial charge in [0.25, 0.3) is 0 Å². The van der Waals surface area contributed by atoms with E-state index in [1.54, 1.807) is 25.8 Å². The lowest BCUT2D eigenvalue weighted by Gasteiger charge is -2.42. The van der Waals surface area contributed by atoms with Crippen molar-refractivity contribution in [3.63, 3.8) is 0 Å². The third-order valence-corrected chi connectivity index (χ3v) is 3.63. The molecule has 0 spiro atoms. The van der Waals surface area contributed by atoms with Crippen LogP contribution in [0.15, 0.2) is 0 Å². The fourth-order valence-corrected chi connectivity index (χ4v) is 2.17. The van der Waals surface area contributed by atoms with Crippen molar-refractivity contribution < 1.29 is 14.7 Å². The minimum atomic E-state index is -0.813. The van der Waals surface area contributed by atoms with Gasteiger partial charge in [-0.1, -0.05) is 6.92 Å². The molecule has 1 aliphatic rings. The van der Waals surface area contributed by atoms with Crippen molar-refractivity contribution in [3.8, 4) is 0 Å². The summed E-state index contributed by atoms with van der Waals surface area (Å²) >= 11 is 0. The van der Waals surface area contributed by atoms with Gasteiger partial charge in [0, 0.05) is 26.1 Å². The van der Waals surface area contributed by atoms with Gasteiger partial charge >= 0.3 is 12.0 Å². The van der Waals surface area contributed by atoms with E-state index < -0.39 is 11.9 Å². The van der Waals surface area contributed by atoms with Crippen LogP contribution >= 0.6 is 0 Å². The van der Waals surface area contributed by atoms with Gasteiger partial charge < -0.3 is 14.9 Å². The Labute approximate surface area is 116 Å². The first kappa shape index (κ1) is 14.3.